The maximum atomic E-state index is 13.0. The van der Waals surface area contributed by atoms with Crippen molar-refractivity contribution in [3.8, 4) is 5.75 Å². The molecule has 0 saturated carbocycles. The smallest absolute Gasteiger partial charge is 0.416 e. The molecule has 0 amide bonds. The lowest BCUT2D eigenvalue weighted by molar-refractivity contribution is -0.137. The molecule has 0 heterocycles. The Hall–Kier alpha value is -2.08. The molecule has 0 aromatic heterocycles. The number of phenolic OH excluding ortho intramolecular Hbond substituents is 1. The van der Waals surface area contributed by atoms with Gasteiger partial charge < -0.3 is 10.4 Å². The van der Waals surface area contributed by atoms with Crippen LogP contribution in [-0.4, -0.2) is 5.11 Å². The summed E-state index contributed by atoms with van der Waals surface area (Å²) in [6.07, 6.45) is -4.35. The van der Waals surface area contributed by atoms with E-state index in [-0.39, 0.29) is 12.3 Å². The average molecular weight is 299 g/mol. The van der Waals surface area contributed by atoms with Gasteiger partial charge in [0.25, 0.3) is 0 Å². The number of hydrogen-bond acceptors (Lipinski definition) is 2. The van der Waals surface area contributed by atoms with Gasteiger partial charge in [-0.25, -0.2) is 4.39 Å². The van der Waals surface area contributed by atoms with E-state index in [9.17, 15) is 22.7 Å². The predicted octanol–water partition coefficient (Wildman–Crippen LogP) is 3.84. The van der Waals surface area contributed by atoms with Gasteiger partial charge in [-0.3, -0.25) is 0 Å². The minimum atomic E-state index is -4.35. The summed E-state index contributed by atoms with van der Waals surface area (Å²) in [6, 6.07) is 8.38. The lowest BCUT2D eigenvalue weighted by atomic mass is 10.1. The van der Waals surface area contributed by atoms with Crippen LogP contribution in [0.1, 0.15) is 16.7 Å². The molecule has 0 aliphatic rings. The summed E-state index contributed by atoms with van der Waals surface area (Å²) in [5, 5.41) is 12.5. The van der Waals surface area contributed by atoms with Gasteiger partial charge in [0, 0.05) is 18.7 Å². The third-order valence-electron chi connectivity index (χ3n) is 2.97. The Morgan fingerprint density at radius 1 is 0.952 bits per heavy atom. The van der Waals surface area contributed by atoms with Crippen LogP contribution in [0, 0.1) is 5.82 Å². The van der Waals surface area contributed by atoms with Gasteiger partial charge in [-0.05, 0) is 35.9 Å². The van der Waals surface area contributed by atoms with Crippen molar-refractivity contribution >= 4 is 0 Å². The summed E-state index contributed by atoms with van der Waals surface area (Å²) in [4.78, 5) is 0. The van der Waals surface area contributed by atoms with Gasteiger partial charge in [0.1, 0.15) is 11.6 Å². The normalized spacial score (nSPS) is 11.6. The van der Waals surface area contributed by atoms with Crippen LogP contribution in [0.2, 0.25) is 0 Å². The summed E-state index contributed by atoms with van der Waals surface area (Å²) in [6.45, 7) is 0.526. The van der Waals surface area contributed by atoms with E-state index < -0.39 is 17.6 Å². The molecule has 0 saturated heterocycles. The van der Waals surface area contributed by atoms with Crippen LogP contribution in [0.4, 0.5) is 17.6 Å². The molecule has 112 valence electrons. The summed E-state index contributed by atoms with van der Waals surface area (Å²) >= 11 is 0. The highest BCUT2D eigenvalue weighted by Gasteiger charge is 2.29. The molecule has 2 nitrogen and oxygen atoms in total. The van der Waals surface area contributed by atoms with Gasteiger partial charge in [0.15, 0.2) is 0 Å². The number of hydrogen-bond donors (Lipinski definition) is 2. The first kappa shape index (κ1) is 15.3. The topological polar surface area (TPSA) is 32.3 Å². The fraction of sp³-hybridized carbons (Fsp3) is 0.200. The van der Waals surface area contributed by atoms with Gasteiger partial charge in [-0.1, -0.05) is 12.1 Å². The highest BCUT2D eigenvalue weighted by molar-refractivity contribution is 5.32. The summed E-state index contributed by atoms with van der Waals surface area (Å²) in [5.41, 5.74) is 0.356. The molecule has 2 rings (SSSR count). The van der Waals surface area contributed by atoms with Crippen molar-refractivity contribution in [2.45, 2.75) is 19.3 Å². The molecule has 0 spiro atoms. The fourth-order valence-corrected chi connectivity index (χ4v) is 1.85. The second-order valence-electron chi connectivity index (χ2n) is 4.57. The van der Waals surface area contributed by atoms with Crippen LogP contribution in [0.3, 0.4) is 0 Å². The molecule has 0 aliphatic carbocycles. The maximum absolute atomic E-state index is 13.0. The van der Waals surface area contributed by atoms with Crippen LogP contribution < -0.4 is 5.32 Å². The molecule has 0 bridgehead atoms. The first-order valence-electron chi connectivity index (χ1n) is 6.20. The van der Waals surface area contributed by atoms with E-state index in [2.05, 4.69) is 5.32 Å². The van der Waals surface area contributed by atoms with Gasteiger partial charge in [-0.2, -0.15) is 13.2 Å². The van der Waals surface area contributed by atoms with E-state index >= 15 is 0 Å². The Balaban J connectivity index is 1.93. The molecular weight excluding hydrogens is 286 g/mol. The summed E-state index contributed by atoms with van der Waals surface area (Å²) < 4.78 is 50.2. The zero-order valence-corrected chi connectivity index (χ0v) is 10.9. The molecule has 2 aromatic rings. The highest BCUT2D eigenvalue weighted by Crippen LogP contribution is 2.29. The molecule has 21 heavy (non-hydrogen) atoms. The van der Waals surface area contributed by atoms with Crippen LogP contribution in [-0.2, 0) is 19.3 Å². The standard InChI is InChI=1S/C15H13F4NO/c16-13-5-6-14(21)11(7-13)9-20-8-10-1-3-12(4-2-10)15(17,18)19/h1-7,20-21H,8-9H2. The molecule has 2 aromatic carbocycles. The lowest BCUT2D eigenvalue weighted by Crippen LogP contribution is -2.13. The third kappa shape index (κ3) is 4.19. The maximum Gasteiger partial charge on any atom is 0.416 e. The van der Waals surface area contributed by atoms with Gasteiger partial charge >= 0.3 is 6.18 Å². The predicted molar refractivity (Wildman–Crippen MR) is 70.1 cm³/mol. The van der Waals surface area contributed by atoms with Crippen LogP contribution in [0.25, 0.3) is 0 Å². The quantitative estimate of drug-likeness (QED) is 0.841. The van der Waals surface area contributed by atoms with E-state index in [4.69, 9.17) is 0 Å². The summed E-state index contributed by atoms with van der Waals surface area (Å²) in [5.74, 6) is -0.490. The SMILES string of the molecule is Oc1ccc(F)cc1CNCc1ccc(C(F)(F)F)cc1. The van der Waals surface area contributed by atoms with Crippen molar-refractivity contribution in [2.75, 3.05) is 0 Å². The number of nitrogens with one attached hydrogen (secondary N) is 1. The van der Waals surface area contributed by atoms with Crippen LogP contribution >= 0.6 is 0 Å². The zero-order valence-electron chi connectivity index (χ0n) is 10.9. The van der Waals surface area contributed by atoms with E-state index in [0.29, 0.717) is 17.7 Å². The minimum absolute atomic E-state index is 0.0312. The van der Waals surface area contributed by atoms with Crippen LogP contribution in [0.5, 0.6) is 5.75 Å². The van der Waals surface area contributed by atoms with Crippen LogP contribution in [0.15, 0.2) is 42.5 Å². The Morgan fingerprint density at radius 2 is 1.62 bits per heavy atom. The van der Waals surface area contributed by atoms with Gasteiger partial charge in [-0.15, -0.1) is 0 Å². The number of rotatable bonds is 4. The Labute approximate surface area is 119 Å². The molecule has 0 aliphatic heterocycles. The van der Waals surface area contributed by atoms with Crippen molar-refractivity contribution in [3.05, 3.63) is 65.0 Å². The van der Waals surface area contributed by atoms with E-state index in [1.54, 1.807) is 0 Å². The molecule has 0 radical (unpaired) electrons. The Morgan fingerprint density at radius 3 is 2.24 bits per heavy atom. The minimum Gasteiger partial charge on any atom is -0.508 e. The monoisotopic (exact) mass is 299 g/mol. The van der Waals surface area contributed by atoms with Gasteiger partial charge in [0.2, 0.25) is 0 Å². The molecular formula is C15H13F4NO. The zero-order chi connectivity index (χ0) is 15.5. The van der Waals surface area contributed by atoms with Crippen molar-refractivity contribution in [1.82, 2.24) is 5.32 Å². The first-order valence-corrected chi connectivity index (χ1v) is 6.20. The number of halogens is 4. The second-order valence-corrected chi connectivity index (χ2v) is 4.57. The second kappa shape index (κ2) is 6.13. The number of aromatic hydroxyl groups is 1. The fourth-order valence-electron chi connectivity index (χ4n) is 1.85. The lowest BCUT2D eigenvalue weighted by Gasteiger charge is -2.09. The third-order valence-corrected chi connectivity index (χ3v) is 2.97. The molecule has 0 fully saturated rings. The van der Waals surface area contributed by atoms with Crippen molar-refractivity contribution in [1.29, 1.82) is 0 Å². The average Bonchev–Trinajstić information content (AvgIpc) is 2.42. The van der Waals surface area contributed by atoms with E-state index in [0.717, 1.165) is 18.2 Å². The summed E-state index contributed by atoms with van der Waals surface area (Å²) in [7, 11) is 0. The number of alkyl halides is 3. The molecule has 0 atom stereocenters. The number of phenols is 1. The Bertz CT molecular complexity index is 608. The molecule has 2 N–H and O–H groups in total. The van der Waals surface area contributed by atoms with Crippen molar-refractivity contribution in [3.63, 3.8) is 0 Å². The van der Waals surface area contributed by atoms with E-state index in [1.807, 2.05) is 0 Å². The van der Waals surface area contributed by atoms with Gasteiger partial charge in [0.05, 0.1) is 5.56 Å². The largest absolute Gasteiger partial charge is 0.508 e. The Kier molecular flexibility index (Phi) is 4.47. The molecule has 0 unspecified atom stereocenters. The highest BCUT2D eigenvalue weighted by atomic mass is 19.4. The van der Waals surface area contributed by atoms with Crippen molar-refractivity contribution in [2.24, 2.45) is 0 Å². The number of benzene rings is 2. The first-order chi connectivity index (χ1) is 9.86. The van der Waals surface area contributed by atoms with E-state index in [1.165, 1.54) is 24.3 Å². The molecule has 6 heteroatoms. The van der Waals surface area contributed by atoms with Crippen molar-refractivity contribution < 1.29 is 22.7 Å².